The highest BCUT2D eigenvalue weighted by molar-refractivity contribution is 5.36. The van der Waals surface area contributed by atoms with Crippen molar-refractivity contribution >= 4 is 0 Å². The molecule has 0 unspecified atom stereocenters. The van der Waals surface area contributed by atoms with E-state index in [-0.39, 0.29) is 12.2 Å². The number of benzene rings is 1. The molecule has 2 aromatic rings. The Hall–Kier alpha value is -2.42. The van der Waals surface area contributed by atoms with Gasteiger partial charge < -0.3 is 9.26 Å². The van der Waals surface area contributed by atoms with E-state index in [4.69, 9.17) is 14.5 Å². The largest absolute Gasteiger partial charge is 0.485 e. The summed E-state index contributed by atoms with van der Waals surface area (Å²) in [5.74, 6) is 0.628. The van der Waals surface area contributed by atoms with Crippen molar-refractivity contribution in [1.82, 2.24) is 10.1 Å². The third-order valence-corrected chi connectivity index (χ3v) is 2.24. The number of halogens is 1. The standard InChI is InChI=1S/C12H10FN3O2/c1-2-12-15-11(16-18-12)7-17-9-4-3-8(6-14)10(13)5-9/h3-5H,2,7H2,1H3. The van der Waals surface area contributed by atoms with Crippen molar-refractivity contribution in [3.05, 3.63) is 41.3 Å². The molecule has 92 valence electrons. The molecule has 0 saturated heterocycles. The maximum atomic E-state index is 13.3. The molecule has 0 radical (unpaired) electrons. The molecule has 1 heterocycles. The number of hydrogen-bond acceptors (Lipinski definition) is 5. The molecule has 0 aliphatic rings. The summed E-state index contributed by atoms with van der Waals surface area (Å²) in [6.45, 7) is 1.99. The number of aromatic nitrogens is 2. The van der Waals surface area contributed by atoms with E-state index < -0.39 is 5.82 Å². The molecule has 6 heteroatoms. The van der Waals surface area contributed by atoms with Crippen LogP contribution in [0.25, 0.3) is 0 Å². The lowest BCUT2D eigenvalue weighted by Crippen LogP contribution is -1.98. The molecule has 18 heavy (non-hydrogen) atoms. The zero-order valence-corrected chi connectivity index (χ0v) is 9.68. The smallest absolute Gasteiger partial charge is 0.226 e. The van der Waals surface area contributed by atoms with Gasteiger partial charge in [0.15, 0.2) is 6.61 Å². The predicted molar refractivity (Wildman–Crippen MR) is 59.1 cm³/mol. The van der Waals surface area contributed by atoms with Crippen molar-refractivity contribution in [2.45, 2.75) is 20.0 Å². The molecular formula is C12H10FN3O2. The van der Waals surface area contributed by atoms with Crippen LogP contribution in [0.5, 0.6) is 5.75 Å². The molecule has 1 aromatic heterocycles. The van der Waals surface area contributed by atoms with Gasteiger partial charge in [0, 0.05) is 12.5 Å². The van der Waals surface area contributed by atoms with Gasteiger partial charge >= 0.3 is 0 Å². The summed E-state index contributed by atoms with van der Waals surface area (Å²) in [5, 5.41) is 12.3. The molecule has 0 aliphatic heterocycles. The highest BCUT2D eigenvalue weighted by Crippen LogP contribution is 2.16. The third-order valence-electron chi connectivity index (χ3n) is 2.24. The molecule has 0 N–H and O–H groups in total. The van der Waals surface area contributed by atoms with Gasteiger partial charge in [-0.25, -0.2) is 4.39 Å². The first-order valence-electron chi connectivity index (χ1n) is 5.37. The molecule has 5 nitrogen and oxygen atoms in total. The Morgan fingerprint density at radius 1 is 1.50 bits per heavy atom. The van der Waals surface area contributed by atoms with E-state index in [0.717, 1.165) is 6.07 Å². The van der Waals surface area contributed by atoms with Gasteiger partial charge in [-0.05, 0) is 12.1 Å². The second-order valence-electron chi connectivity index (χ2n) is 3.50. The summed E-state index contributed by atoms with van der Waals surface area (Å²) in [6, 6.07) is 5.76. The Morgan fingerprint density at radius 2 is 2.33 bits per heavy atom. The quantitative estimate of drug-likeness (QED) is 0.828. The minimum Gasteiger partial charge on any atom is -0.485 e. The number of rotatable bonds is 4. The summed E-state index contributed by atoms with van der Waals surface area (Å²) in [6.07, 6.45) is 0.651. The monoisotopic (exact) mass is 247 g/mol. The first-order chi connectivity index (χ1) is 8.72. The van der Waals surface area contributed by atoms with Gasteiger partial charge in [-0.3, -0.25) is 0 Å². The van der Waals surface area contributed by atoms with Crippen LogP contribution in [0.1, 0.15) is 24.2 Å². The first kappa shape index (κ1) is 12.0. The normalized spacial score (nSPS) is 10.1. The summed E-state index contributed by atoms with van der Waals surface area (Å²) in [4.78, 5) is 4.05. The first-order valence-corrected chi connectivity index (χ1v) is 5.37. The van der Waals surface area contributed by atoms with Crippen LogP contribution < -0.4 is 4.74 Å². The molecule has 0 bridgehead atoms. The molecule has 0 saturated carbocycles. The van der Waals surface area contributed by atoms with Crippen molar-refractivity contribution in [3.8, 4) is 11.8 Å². The van der Waals surface area contributed by atoms with Gasteiger partial charge in [-0.2, -0.15) is 10.2 Å². The lowest BCUT2D eigenvalue weighted by Gasteiger charge is -2.03. The van der Waals surface area contributed by atoms with E-state index in [1.54, 1.807) is 6.07 Å². The van der Waals surface area contributed by atoms with Crippen LogP contribution >= 0.6 is 0 Å². The summed E-state index contributed by atoms with van der Waals surface area (Å²) in [5.41, 5.74) is -0.0184. The number of aryl methyl sites for hydroxylation is 1. The summed E-state index contributed by atoms with van der Waals surface area (Å²) < 4.78 is 23.5. The molecule has 0 aliphatic carbocycles. The topological polar surface area (TPSA) is 71.9 Å². The van der Waals surface area contributed by atoms with E-state index in [1.165, 1.54) is 12.1 Å². The average molecular weight is 247 g/mol. The molecule has 0 fully saturated rings. The lowest BCUT2D eigenvalue weighted by molar-refractivity contribution is 0.284. The summed E-state index contributed by atoms with van der Waals surface area (Å²) >= 11 is 0. The van der Waals surface area contributed by atoms with Crippen molar-refractivity contribution in [3.63, 3.8) is 0 Å². The fourth-order valence-corrected chi connectivity index (χ4v) is 1.32. The Balaban J connectivity index is 2.02. The van der Waals surface area contributed by atoms with Gasteiger partial charge in [-0.15, -0.1) is 0 Å². The highest BCUT2D eigenvalue weighted by Gasteiger charge is 2.07. The zero-order chi connectivity index (χ0) is 13.0. The number of nitrogens with zero attached hydrogens (tertiary/aromatic N) is 3. The summed E-state index contributed by atoms with van der Waals surface area (Å²) in [7, 11) is 0. The van der Waals surface area contributed by atoms with Gasteiger partial charge in [0.2, 0.25) is 11.7 Å². The van der Waals surface area contributed by atoms with Crippen molar-refractivity contribution in [1.29, 1.82) is 5.26 Å². The van der Waals surface area contributed by atoms with Crippen LogP contribution in [0.2, 0.25) is 0 Å². The number of ether oxygens (including phenoxy) is 1. The average Bonchev–Trinajstić information content (AvgIpc) is 2.84. The number of nitriles is 1. The Bertz CT molecular complexity index is 589. The maximum absolute atomic E-state index is 13.3. The van der Waals surface area contributed by atoms with Gasteiger partial charge in [0.05, 0.1) is 5.56 Å². The van der Waals surface area contributed by atoms with Gasteiger partial charge in [-0.1, -0.05) is 12.1 Å². The van der Waals surface area contributed by atoms with E-state index >= 15 is 0 Å². The SMILES string of the molecule is CCc1nc(COc2ccc(C#N)c(F)c2)no1. The fraction of sp³-hybridized carbons (Fsp3) is 0.250. The molecule has 0 atom stereocenters. The molecule has 0 amide bonds. The van der Waals surface area contributed by atoms with Crippen LogP contribution in [0, 0.1) is 17.1 Å². The van der Waals surface area contributed by atoms with Crippen molar-refractivity contribution in [2.75, 3.05) is 0 Å². The molecular weight excluding hydrogens is 237 g/mol. The molecule has 1 aromatic carbocycles. The van der Waals surface area contributed by atoms with Gasteiger partial charge in [0.25, 0.3) is 0 Å². The minimum absolute atomic E-state index is 0.0184. The minimum atomic E-state index is -0.614. The highest BCUT2D eigenvalue weighted by atomic mass is 19.1. The molecule has 2 rings (SSSR count). The van der Waals surface area contributed by atoms with Crippen LogP contribution in [-0.2, 0) is 13.0 Å². The Labute approximate surface area is 103 Å². The second-order valence-corrected chi connectivity index (χ2v) is 3.50. The Kier molecular flexibility index (Phi) is 3.53. The van der Waals surface area contributed by atoms with Crippen molar-refractivity contribution < 1.29 is 13.7 Å². The van der Waals surface area contributed by atoms with E-state index in [1.807, 2.05) is 6.92 Å². The van der Waals surface area contributed by atoms with E-state index in [9.17, 15) is 4.39 Å². The zero-order valence-electron chi connectivity index (χ0n) is 9.68. The maximum Gasteiger partial charge on any atom is 0.226 e. The van der Waals surface area contributed by atoms with Crippen LogP contribution in [0.3, 0.4) is 0 Å². The fourth-order valence-electron chi connectivity index (χ4n) is 1.32. The lowest BCUT2D eigenvalue weighted by atomic mass is 10.2. The van der Waals surface area contributed by atoms with Crippen LogP contribution in [0.4, 0.5) is 4.39 Å². The van der Waals surface area contributed by atoms with Crippen LogP contribution in [0.15, 0.2) is 22.7 Å². The van der Waals surface area contributed by atoms with Crippen LogP contribution in [-0.4, -0.2) is 10.1 Å². The number of hydrogen-bond donors (Lipinski definition) is 0. The van der Waals surface area contributed by atoms with Gasteiger partial charge in [0.1, 0.15) is 17.6 Å². The third kappa shape index (κ3) is 2.63. The molecule has 0 spiro atoms. The second kappa shape index (κ2) is 5.27. The van der Waals surface area contributed by atoms with E-state index in [0.29, 0.717) is 23.9 Å². The Morgan fingerprint density at radius 3 is 2.94 bits per heavy atom. The predicted octanol–water partition coefficient (Wildman–Crippen LogP) is 2.22. The van der Waals surface area contributed by atoms with Crippen molar-refractivity contribution in [2.24, 2.45) is 0 Å². The van der Waals surface area contributed by atoms with E-state index in [2.05, 4.69) is 10.1 Å².